The maximum atomic E-state index is 7.41. The summed E-state index contributed by atoms with van der Waals surface area (Å²) in [4.78, 5) is 1.23. The van der Waals surface area contributed by atoms with Crippen molar-refractivity contribution in [2.24, 2.45) is 5.73 Å². The summed E-state index contributed by atoms with van der Waals surface area (Å²) in [7, 11) is 0. The third-order valence-corrected chi connectivity index (χ3v) is 4.72. The minimum absolute atomic E-state index is 0.0420. The van der Waals surface area contributed by atoms with E-state index in [4.69, 9.17) is 22.7 Å². The number of amidine groups is 1. The van der Waals surface area contributed by atoms with Crippen LogP contribution < -0.4 is 5.73 Å². The van der Waals surface area contributed by atoms with Gasteiger partial charge in [0.15, 0.2) is 0 Å². The van der Waals surface area contributed by atoms with E-state index < -0.39 is 0 Å². The lowest BCUT2D eigenvalue weighted by Gasteiger charge is -2.08. The van der Waals surface area contributed by atoms with Crippen LogP contribution in [0.5, 0.6) is 0 Å². The molecule has 0 heterocycles. The molecule has 0 aliphatic carbocycles. The SMILES string of the molecule is CC(C)c1ccc(SCc2ccc(C(=N)N)cc2Cl)cc1. The zero-order valence-corrected chi connectivity index (χ0v) is 13.8. The molecule has 0 aromatic heterocycles. The molecular formula is C17H19ClN2S. The molecule has 0 bridgehead atoms. The monoisotopic (exact) mass is 318 g/mol. The molecule has 110 valence electrons. The molecule has 2 rings (SSSR count). The highest BCUT2D eigenvalue weighted by Gasteiger charge is 2.05. The first-order chi connectivity index (χ1) is 9.97. The number of nitrogens with two attached hydrogens (primary N) is 1. The van der Waals surface area contributed by atoms with Gasteiger partial charge in [0.05, 0.1) is 0 Å². The van der Waals surface area contributed by atoms with Crippen LogP contribution in [-0.4, -0.2) is 5.84 Å². The predicted octanol–water partition coefficient (Wildman–Crippen LogP) is 5.04. The average Bonchev–Trinajstić information content (AvgIpc) is 2.46. The average molecular weight is 319 g/mol. The van der Waals surface area contributed by atoms with E-state index in [1.807, 2.05) is 12.1 Å². The van der Waals surface area contributed by atoms with E-state index in [1.165, 1.54) is 10.5 Å². The fourth-order valence-electron chi connectivity index (χ4n) is 1.94. The van der Waals surface area contributed by atoms with Gasteiger partial charge in [-0.3, -0.25) is 5.41 Å². The highest BCUT2D eigenvalue weighted by molar-refractivity contribution is 7.98. The Balaban J connectivity index is 2.04. The Hall–Kier alpha value is -1.45. The smallest absolute Gasteiger partial charge is 0.122 e. The first-order valence-electron chi connectivity index (χ1n) is 6.83. The second-order valence-corrected chi connectivity index (χ2v) is 6.69. The number of rotatable bonds is 5. The van der Waals surface area contributed by atoms with Crippen molar-refractivity contribution in [3.05, 3.63) is 64.2 Å². The van der Waals surface area contributed by atoms with Crippen LogP contribution in [0.4, 0.5) is 0 Å². The number of nitrogens with one attached hydrogen (secondary N) is 1. The van der Waals surface area contributed by atoms with E-state index in [0.717, 1.165) is 11.3 Å². The zero-order chi connectivity index (χ0) is 15.4. The van der Waals surface area contributed by atoms with E-state index >= 15 is 0 Å². The van der Waals surface area contributed by atoms with Crippen LogP contribution in [0.25, 0.3) is 0 Å². The number of halogens is 1. The number of hydrogen-bond donors (Lipinski definition) is 2. The van der Waals surface area contributed by atoms with Gasteiger partial charge in [-0.15, -0.1) is 11.8 Å². The van der Waals surface area contributed by atoms with Crippen LogP contribution in [0, 0.1) is 5.41 Å². The van der Waals surface area contributed by atoms with Crippen molar-refractivity contribution in [3.63, 3.8) is 0 Å². The molecular weight excluding hydrogens is 300 g/mol. The number of hydrogen-bond acceptors (Lipinski definition) is 2. The van der Waals surface area contributed by atoms with E-state index in [0.29, 0.717) is 16.5 Å². The molecule has 2 nitrogen and oxygen atoms in total. The molecule has 0 amide bonds. The maximum Gasteiger partial charge on any atom is 0.122 e. The molecule has 2 aromatic carbocycles. The van der Waals surface area contributed by atoms with Crippen molar-refractivity contribution in [3.8, 4) is 0 Å². The van der Waals surface area contributed by atoms with Crippen LogP contribution in [0.2, 0.25) is 5.02 Å². The second-order valence-electron chi connectivity index (χ2n) is 5.23. The molecule has 0 unspecified atom stereocenters. The van der Waals surface area contributed by atoms with Crippen molar-refractivity contribution in [1.29, 1.82) is 5.41 Å². The molecule has 0 spiro atoms. The Kier molecular flexibility index (Phi) is 5.32. The fourth-order valence-corrected chi connectivity index (χ4v) is 3.17. The maximum absolute atomic E-state index is 7.41. The molecule has 0 saturated heterocycles. The van der Waals surface area contributed by atoms with E-state index in [2.05, 4.69) is 38.1 Å². The largest absolute Gasteiger partial charge is 0.384 e. The standard InChI is InChI=1S/C17H19ClN2S/c1-11(2)12-5-7-15(8-6-12)21-10-14-4-3-13(17(19)20)9-16(14)18/h3-9,11H,10H2,1-2H3,(H3,19,20). The van der Waals surface area contributed by atoms with Gasteiger partial charge in [-0.1, -0.05) is 49.7 Å². The van der Waals surface area contributed by atoms with E-state index in [9.17, 15) is 0 Å². The van der Waals surface area contributed by atoms with Crippen LogP contribution >= 0.6 is 23.4 Å². The van der Waals surface area contributed by atoms with Gasteiger partial charge in [0.1, 0.15) is 5.84 Å². The summed E-state index contributed by atoms with van der Waals surface area (Å²) < 4.78 is 0. The molecule has 0 saturated carbocycles. The Morgan fingerprint density at radius 1 is 1.19 bits per heavy atom. The van der Waals surface area contributed by atoms with Crippen LogP contribution in [0.3, 0.4) is 0 Å². The molecule has 0 aliphatic heterocycles. The van der Waals surface area contributed by atoms with Crippen molar-refractivity contribution < 1.29 is 0 Å². The van der Waals surface area contributed by atoms with Gasteiger partial charge in [0.25, 0.3) is 0 Å². The highest BCUT2D eigenvalue weighted by Crippen LogP contribution is 2.28. The lowest BCUT2D eigenvalue weighted by Crippen LogP contribution is -2.10. The summed E-state index contributed by atoms with van der Waals surface area (Å²) in [6.45, 7) is 4.39. The molecule has 0 fully saturated rings. The molecule has 0 radical (unpaired) electrons. The van der Waals surface area contributed by atoms with Crippen molar-refractivity contribution in [2.45, 2.75) is 30.4 Å². The van der Waals surface area contributed by atoms with Crippen LogP contribution in [0.15, 0.2) is 47.4 Å². The lowest BCUT2D eigenvalue weighted by atomic mass is 10.0. The van der Waals surface area contributed by atoms with Gasteiger partial charge in [-0.05, 0) is 35.2 Å². The molecule has 2 aromatic rings. The van der Waals surface area contributed by atoms with E-state index in [1.54, 1.807) is 17.8 Å². The van der Waals surface area contributed by atoms with Gasteiger partial charge in [0.2, 0.25) is 0 Å². The first kappa shape index (κ1) is 15.9. The topological polar surface area (TPSA) is 49.9 Å². The Bertz CT molecular complexity index is 636. The van der Waals surface area contributed by atoms with Gasteiger partial charge >= 0.3 is 0 Å². The summed E-state index contributed by atoms with van der Waals surface area (Å²) in [6, 6.07) is 14.2. The predicted molar refractivity (Wildman–Crippen MR) is 92.6 cm³/mol. The van der Waals surface area contributed by atoms with Gasteiger partial charge in [-0.2, -0.15) is 0 Å². The third-order valence-electron chi connectivity index (χ3n) is 3.31. The Labute approximate surface area is 135 Å². The Morgan fingerprint density at radius 2 is 1.86 bits per heavy atom. The summed E-state index contributed by atoms with van der Waals surface area (Å²) >= 11 is 7.99. The Morgan fingerprint density at radius 3 is 2.38 bits per heavy atom. The normalized spacial score (nSPS) is 10.9. The van der Waals surface area contributed by atoms with Crippen molar-refractivity contribution in [2.75, 3.05) is 0 Å². The highest BCUT2D eigenvalue weighted by atomic mass is 35.5. The molecule has 0 aliphatic rings. The van der Waals surface area contributed by atoms with E-state index in [-0.39, 0.29) is 5.84 Å². The number of benzene rings is 2. The minimum atomic E-state index is 0.0420. The first-order valence-corrected chi connectivity index (χ1v) is 8.19. The van der Waals surface area contributed by atoms with Gasteiger partial charge in [-0.25, -0.2) is 0 Å². The second kappa shape index (κ2) is 7.01. The van der Waals surface area contributed by atoms with Crippen LogP contribution in [-0.2, 0) is 5.75 Å². The van der Waals surface area contributed by atoms with Crippen LogP contribution in [0.1, 0.15) is 36.5 Å². The summed E-state index contributed by atoms with van der Waals surface area (Å²) in [5.41, 5.74) is 8.52. The molecule has 0 atom stereocenters. The quantitative estimate of drug-likeness (QED) is 0.461. The minimum Gasteiger partial charge on any atom is -0.384 e. The molecule has 21 heavy (non-hydrogen) atoms. The summed E-state index contributed by atoms with van der Waals surface area (Å²) in [6.07, 6.45) is 0. The van der Waals surface area contributed by atoms with Gasteiger partial charge < -0.3 is 5.73 Å². The van der Waals surface area contributed by atoms with Crippen molar-refractivity contribution >= 4 is 29.2 Å². The summed E-state index contributed by atoms with van der Waals surface area (Å²) in [5, 5.41) is 8.07. The third kappa shape index (κ3) is 4.26. The van der Waals surface area contributed by atoms with Gasteiger partial charge in [0, 0.05) is 21.2 Å². The summed E-state index contributed by atoms with van der Waals surface area (Å²) in [5.74, 6) is 1.40. The number of thioether (sulfide) groups is 1. The fraction of sp³-hybridized carbons (Fsp3) is 0.235. The number of nitrogen functional groups attached to an aromatic ring is 1. The molecule has 4 heteroatoms. The zero-order valence-electron chi connectivity index (χ0n) is 12.2. The lowest BCUT2D eigenvalue weighted by molar-refractivity contribution is 0.865. The van der Waals surface area contributed by atoms with Crippen molar-refractivity contribution in [1.82, 2.24) is 0 Å². The molecule has 3 N–H and O–H groups in total.